The van der Waals surface area contributed by atoms with Gasteiger partial charge in [-0.25, -0.2) is 4.79 Å². The third-order valence-corrected chi connectivity index (χ3v) is 6.57. The van der Waals surface area contributed by atoms with Crippen LogP contribution in [0.2, 0.25) is 0 Å². The zero-order chi connectivity index (χ0) is 28.5. The van der Waals surface area contributed by atoms with E-state index in [1.54, 1.807) is 62.6 Å². The molecule has 0 aliphatic carbocycles. The lowest BCUT2D eigenvalue weighted by molar-refractivity contribution is -0.132. The number of ether oxygens (including phenoxy) is 2. The van der Waals surface area contributed by atoms with Gasteiger partial charge in [-0.15, -0.1) is 0 Å². The van der Waals surface area contributed by atoms with Crippen LogP contribution in [0.4, 0.5) is 5.69 Å². The normalized spacial score (nSPS) is 16.8. The Morgan fingerprint density at radius 3 is 2.28 bits per heavy atom. The zero-order valence-electron chi connectivity index (χ0n) is 22.5. The largest absolute Gasteiger partial charge is 0.508 e. The summed E-state index contributed by atoms with van der Waals surface area (Å²) in [5.41, 5.74) is 1.69. The molecule has 2 N–H and O–H groups in total. The fourth-order valence-corrected chi connectivity index (χ4v) is 4.66. The van der Waals surface area contributed by atoms with E-state index in [0.717, 1.165) is 5.56 Å². The lowest BCUT2D eigenvalue weighted by Crippen LogP contribution is -2.29. The van der Waals surface area contributed by atoms with Crippen molar-refractivity contribution >= 4 is 29.1 Å². The maximum atomic E-state index is 13.5. The number of Topliss-reactive ketones (excluding diaryl/α,β-unsaturated/α-hetero) is 1. The van der Waals surface area contributed by atoms with Gasteiger partial charge in [0.2, 0.25) is 0 Å². The Morgan fingerprint density at radius 2 is 1.67 bits per heavy atom. The van der Waals surface area contributed by atoms with Crippen LogP contribution in [0.15, 0.2) is 72.3 Å². The summed E-state index contributed by atoms with van der Waals surface area (Å²) in [6.45, 7) is 7.87. The number of ketones is 1. The summed E-state index contributed by atoms with van der Waals surface area (Å²) in [7, 11) is 1.56. The van der Waals surface area contributed by atoms with E-state index in [2.05, 4.69) is 0 Å². The molecule has 0 spiro atoms. The van der Waals surface area contributed by atoms with Crippen LogP contribution in [0.1, 0.15) is 60.8 Å². The molecular weight excluding hydrogens is 498 g/mol. The van der Waals surface area contributed by atoms with Gasteiger partial charge >= 0.3 is 5.97 Å². The van der Waals surface area contributed by atoms with E-state index >= 15 is 0 Å². The van der Waals surface area contributed by atoms with E-state index in [-0.39, 0.29) is 40.4 Å². The van der Waals surface area contributed by atoms with Crippen molar-refractivity contribution in [2.45, 2.75) is 39.2 Å². The first-order chi connectivity index (χ1) is 18.5. The summed E-state index contributed by atoms with van der Waals surface area (Å²) in [5, 5.41) is 21.4. The minimum absolute atomic E-state index is 0.00461. The Balaban J connectivity index is 1.94. The fraction of sp³-hybridized carbons (Fsp3) is 0.258. The molecule has 3 aromatic rings. The van der Waals surface area contributed by atoms with Gasteiger partial charge in [0.15, 0.2) is 0 Å². The maximum absolute atomic E-state index is 13.5. The molecule has 1 saturated heterocycles. The van der Waals surface area contributed by atoms with Gasteiger partial charge in [-0.2, -0.15) is 0 Å². The van der Waals surface area contributed by atoms with Crippen LogP contribution < -0.4 is 9.64 Å². The molecule has 39 heavy (non-hydrogen) atoms. The predicted octanol–water partition coefficient (Wildman–Crippen LogP) is 5.50. The van der Waals surface area contributed by atoms with Crippen molar-refractivity contribution in [2.75, 3.05) is 18.6 Å². The second-order valence-electron chi connectivity index (χ2n) is 10.2. The standard InChI is InChI=1S/C31H31NO7/c1-6-39-30(37)20-8-7-9-21(16-20)32-26(18-10-13-22(33)14-11-18)25(28(35)29(32)36)27(34)19-12-15-24(38-5)23(17-19)31(2,3)4/h7-17,26,33-34H,6H2,1-5H3/b27-25-. The molecule has 1 unspecified atom stereocenters. The van der Waals surface area contributed by atoms with Crippen molar-refractivity contribution < 1.29 is 34.1 Å². The number of phenols is 1. The third-order valence-electron chi connectivity index (χ3n) is 6.57. The van der Waals surface area contributed by atoms with Crippen molar-refractivity contribution in [3.63, 3.8) is 0 Å². The van der Waals surface area contributed by atoms with Gasteiger partial charge in [-0.3, -0.25) is 14.5 Å². The molecule has 0 saturated carbocycles. The molecule has 1 heterocycles. The molecule has 0 bridgehead atoms. The number of rotatable bonds is 6. The Bertz CT molecular complexity index is 1460. The fourth-order valence-electron chi connectivity index (χ4n) is 4.66. The number of aromatic hydroxyl groups is 1. The monoisotopic (exact) mass is 529 g/mol. The van der Waals surface area contributed by atoms with Gasteiger partial charge in [-0.05, 0) is 66.4 Å². The van der Waals surface area contributed by atoms with Crippen molar-refractivity contribution in [2.24, 2.45) is 0 Å². The molecule has 0 radical (unpaired) electrons. The third kappa shape index (κ3) is 5.23. The number of aliphatic hydroxyl groups is 1. The second-order valence-corrected chi connectivity index (χ2v) is 10.2. The molecule has 8 nitrogen and oxygen atoms in total. The van der Waals surface area contributed by atoms with Gasteiger partial charge in [-0.1, -0.05) is 39.0 Å². The minimum atomic E-state index is -1.02. The maximum Gasteiger partial charge on any atom is 0.338 e. The number of phenolic OH excluding ortho intramolecular Hbond substituents is 1. The van der Waals surface area contributed by atoms with E-state index in [1.807, 2.05) is 20.8 Å². The predicted molar refractivity (Wildman–Crippen MR) is 147 cm³/mol. The molecule has 1 amide bonds. The SMILES string of the molecule is CCOC(=O)c1cccc(N2C(=O)C(=O)/C(=C(\O)c3ccc(OC)c(C(C)(C)C)c3)C2c2ccc(O)cc2)c1. The number of methoxy groups -OCH3 is 1. The molecule has 202 valence electrons. The second kappa shape index (κ2) is 10.6. The lowest BCUT2D eigenvalue weighted by Gasteiger charge is -2.26. The van der Waals surface area contributed by atoms with Gasteiger partial charge in [0.25, 0.3) is 11.7 Å². The molecule has 0 aromatic heterocycles. The van der Waals surface area contributed by atoms with Crippen LogP contribution in [0.3, 0.4) is 0 Å². The Hall–Kier alpha value is -4.59. The van der Waals surface area contributed by atoms with E-state index in [4.69, 9.17) is 9.47 Å². The highest BCUT2D eigenvalue weighted by Gasteiger charge is 2.47. The molecule has 1 aliphatic heterocycles. The van der Waals surface area contributed by atoms with Crippen molar-refractivity contribution in [1.82, 2.24) is 0 Å². The average Bonchev–Trinajstić information content (AvgIpc) is 3.18. The van der Waals surface area contributed by atoms with E-state index in [0.29, 0.717) is 16.9 Å². The minimum Gasteiger partial charge on any atom is -0.508 e. The first kappa shape index (κ1) is 27.4. The van der Waals surface area contributed by atoms with E-state index in [9.17, 15) is 24.6 Å². The van der Waals surface area contributed by atoms with Gasteiger partial charge in [0.05, 0.1) is 30.9 Å². The van der Waals surface area contributed by atoms with Crippen molar-refractivity contribution in [3.05, 3.63) is 94.6 Å². The summed E-state index contributed by atoms with van der Waals surface area (Å²) in [5.74, 6) is -2.01. The Labute approximate surface area is 227 Å². The number of anilines is 1. The summed E-state index contributed by atoms with van der Waals surface area (Å²) >= 11 is 0. The van der Waals surface area contributed by atoms with Crippen LogP contribution in [0.5, 0.6) is 11.5 Å². The molecule has 1 fully saturated rings. The quantitative estimate of drug-likeness (QED) is 0.188. The number of esters is 1. The van der Waals surface area contributed by atoms with Crippen LogP contribution in [0.25, 0.3) is 5.76 Å². The smallest absolute Gasteiger partial charge is 0.338 e. The molecule has 3 aromatic carbocycles. The highest BCUT2D eigenvalue weighted by Crippen LogP contribution is 2.43. The van der Waals surface area contributed by atoms with Gasteiger partial charge in [0, 0.05) is 16.8 Å². The van der Waals surface area contributed by atoms with E-state index in [1.165, 1.54) is 23.1 Å². The first-order valence-corrected chi connectivity index (χ1v) is 12.5. The molecule has 8 heteroatoms. The molecule has 1 aliphatic rings. The van der Waals surface area contributed by atoms with Gasteiger partial charge in [0.1, 0.15) is 17.3 Å². The van der Waals surface area contributed by atoms with Crippen molar-refractivity contribution in [1.29, 1.82) is 0 Å². The average molecular weight is 530 g/mol. The Kier molecular flexibility index (Phi) is 7.49. The van der Waals surface area contributed by atoms with Crippen LogP contribution in [-0.4, -0.2) is 41.6 Å². The summed E-state index contributed by atoms with van der Waals surface area (Å²) in [6, 6.07) is 16.3. The summed E-state index contributed by atoms with van der Waals surface area (Å²) in [6.07, 6.45) is 0. The number of benzene rings is 3. The van der Waals surface area contributed by atoms with Crippen LogP contribution in [0, 0.1) is 0 Å². The number of carbonyl (C=O) groups is 3. The first-order valence-electron chi connectivity index (χ1n) is 12.5. The lowest BCUT2D eigenvalue weighted by atomic mass is 9.84. The number of hydrogen-bond acceptors (Lipinski definition) is 7. The summed E-state index contributed by atoms with van der Waals surface area (Å²) in [4.78, 5) is 40.6. The number of nitrogens with zero attached hydrogens (tertiary/aromatic N) is 1. The molecule has 4 rings (SSSR count). The highest BCUT2D eigenvalue weighted by atomic mass is 16.5. The highest BCUT2D eigenvalue weighted by molar-refractivity contribution is 6.51. The Morgan fingerprint density at radius 1 is 0.974 bits per heavy atom. The number of aliphatic hydroxyl groups excluding tert-OH is 1. The van der Waals surface area contributed by atoms with Crippen LogP contribution >= 0.6 is 0 Å². The zero-order valence-corrected chi connectivity index (χ0v) is 22.5. The number of amides is 1. The van der Waals surface area contributed by atoms with Crippen LogP contribution in [-0.2, 0) is 19.7 Å². The topological polar surface area (TPSA) is 113 Å². The summed E-state index contributed by atoms with van der Waals surface area (Å²) < 4.78 is 10.6. The van der Waals surface area contributed by atoms with Crippen molar-refractivity contribution in [3.8, 4) is 11.5 Å². The van der Waals surface area contributed by atoms with E-state index < -0.39 is 23.7 Å². The number of hydrogen-bond donors (Lipinski definition) is 2. The van der Waals surface area contributed by atoms with Gasteiger partial charge < -0.3 is 19.7 Å². The number of carbonyl (C=O) groups excluding carboxylic acids is 3. The molecule has 1 atom stereocenters. The molecular formula is C31H31NO7.